The lowest BCUT2D eigenvalue weighted by atomic mass is 10.2. The lowest BCUT2D eigenvalue weighted by Crippen LogP contribution is -2.41. The third kappa shape index (κ3) is 11.6. The van der Waals surface area contributed by atoms with E-state index in [0.717, 1.165) is 51.3 Å². The molecule has 25 heavy (non-hydrogen) atoms. The highest BCUT2D eigenvalue weighted by Crippen LogP contribution is 2.18. The summed E-state index contributed by atoms with van der Waals surface area (Å²) in [6.45, 7) is 11.7. The molecule has 3 N–H and O–H groups in total. The quantitative estimate of drug-likeness (QED) is 0.189. The Morgan fingerprint density at radius 2 is 1.64 bits per heavy atom. The van der Waals surface area contributed by atoms with Gasteiger partial charge in [-0.3, -0.25) is 14.7 Å². The van der Waals surface area contributed by atoms with Crippen LogP contribution in [0.2, 0.25) is 0 Å². The average Bonchev–Trinajstić information content (AvgIpc) is 3.32. The molecule has 148 valence electrons. The second-order valence-corrected chi connectivity index (χ2v) is 7.15. The molecule has 0 radical (unpaired) electrons. The zero-order valence-electron chi connectivity index (χ0n) is 16.6. The van der Waals surface area contributed by atoms with Gasteiger partial charge in [-0.05, 0) is 53.4 Å². The minimum absolute atomic E-state index is 0. The first-order valence-electron chi connectivity index (χ1n) is 9.43. The molecule has 1 fully saturated rings. The third-order valence-electron chi connectivity index (χ3n) is 4.25. The molecule has 1 aliphatic rings. The van der Waals surface area contributed by atoms with Crippen LogP contribution in [0.3, 0.4) is 0 Å². The molecule has 6 nitrogen and oxygen atoms in total. The Labute approximate surface area is 171 Å². The van der Waals surface area contributed by atoms with Gasteiger partial charge in [0.1, 0.15) is 0 Å². The van der Waals surface area contributed by atoms with E-state index in [1.165, 1.54) is 0 Å². The minimum atomic E-state index is 0. The van der Waals surface area contributed by atoms with Gasteiger partial charge in [-0.1, -0.05) is 0 Å². The van der Waals surface area contributed by atoms with Crippen molar-refractivity contribution in [3.63, 3.8) is 0 Å². The lowest BCUT2D eigenvalue weighted by Gasteiger charge is -2.30. The summed E-state index contributed by atoms with van der Waals surface area (Å²) in [6, 6.07) is 1.60. The fourth-order valence-electron chi connectivity index (χ4n) is 2.78. The van der Waals surface area contributed by atoms with Crippen molar-refractivity contribution in [3.05, 3.63) is 0 Å². The molecule has 0 aromatic carbocycles. The monoisotopic (exact) mass is 467 g/mol. The molecule has 1 aliphatic carbocycles. The summed E-state index contributed by atoms with van der Waals surface area (Å²) >= 11 is 0. The van der Waals surface area contributed by atoms with Crippen molar-refractivity contribution in [3.8, 4) is 0 Å². The van der Waals surface area contributed by atoms with E-state index in [9.17, 15) is 4.79 Å². The smallest absolute Gasteiger partial charge is 0.220 e. The summed E-state index contributed by atoms with van der Waals surface area (Å²) in [5, 5.41) is 9.63. The Balaban J connectivity index is 0.00000576. The second-order valence-electron chi connectivity index (χ2n) is 7.15. The van der Waals surface area contributed by atoms with Crippen LogP contribution in [-0.2, 0) is 4.79 Å². The number of carbonyl (C=O) groups is 1. The van der Waals surface area contributed by atoms with Gasteiger partial charge < -0.3 is 16.0 Å². The molecule has 7 heteroatoms. The van der Waals surface area contributed by atoms with Crippen LogP contribution < -0.4 is 16.0 Å². The molecule has 0 aromatic rings. The van der Waals surface area contributed by atoms with Crippen LogP contribution in [0.4, 0.5) is 0 Å². The number of amides is 1. The second kappa shape index (κ2) is 13.6. The van der Waals surface area contributed by atoms with Crippen molar-refractivity contribution in [1.82, 2.24) is 20.9 Å². The highest BCUT2D eigenvalue weighted by Gasteiger charge is 2.22. The third-order valence-corrected chi connectivity index (χ3v) is 4.25. The zero-order chi connectivity index (χ0) is 17.9. The molecule has 0 heterocycles. The van der Waals surface area contributed by atoms with Gasteiger partial charge in [0.2, 0.25) is 5.91 Å². The molecule has 0 aliphatic heterocycles. The van der Waals surface area contributed by atoms with Crippen LogP contribution in [0.25, 0.3) is 0 Å². The number of guanidine groups is 1. The number of hydrogen-bond acceptors (Lipinski definition) is 3. The van der Waals surface area contributed by atoms with Crippen LogP contribution in [0.5, 0.6) is 0 Å². The Morgan fingerprint density at radius 3 is 2.12 bits per heavy atom. The number of halogens is 1. The first-order valence-corrected chi connectivity index (χ1v) is 9.43. The first kappa shape index (κ1) is 24.4. The topological polar surface area (TPSA) is 68.8 Å². The van der Waals surface area contributed by atoms with E-state index in [2.05, 4.69) is 53.5 Å². The van der Waals surface area contributed by atoms with Gasteiger partial charge in [0.25, 0.3) is 0 Å². The molecule has 0 unspecified atom stereocenters. The summed E-state index contributed by atoms with van der Waals surface area (Å²) < 4.78 is 0. The van der Waals surface area contributed by atoms with Gasteiger partial charge in [-0.25, -0.2) is 0 Å². The Morgan fingerprint density at radius 1 is 1.08 bits per heavy atom. The summed E-state index contributed by atoms with van der Waals surface area (Å²) in [5.41, 5.74) is 0. The molecular formula is C18H38IN5O. The van der Waals surface area contributed by atoms with Gasteiger partial charge in [0.05, 0.1) is 0 Å². The number of nitrogens with one attached hydrogen (secondary N) is 3. The molecule has 1 amide bonds. The maximum absolute atomic E-state index is 11.6. The van der Waals surface area contributed by atoms with Crippen LogP contribution in [0.1, 0.15) is 59.8 Å². The van der Waals surface area contributed by atoms with Gasteiger partial charge in [-0.2, -0.15) is 0 Å². The molecular weight excluding hydrogens is 429 g/mol. The molecule has 1 saturated carbocycles. The van der Waals surface area contributed by atoms with Gasteiger partial charge in [-0.15, -0.1) is 24.0 Å². The minimum Gasteiger partial charge on any atom is -0.356 e. The molecule has 0 atom stereocenters. The fourth-order valence-corrected chi connectivity index (χ4v) is 2.78. The number of aliphatic imine (C=N–C) groups is 1. The van der Waals surface area contributed by atoms with Crippen LogP contribution in [-0.4, -0.2) is 61.6 Å². The number of carbonyl (C=O) groups excluding carboxylic acids is 1. The van der Waals surface area contributed by atoms with Gasteiger partial charge in [0, 0.05) is 51.2 Å². The van der Waals surface area contributed by atoms with Crippen LogP contribution in [0, 0.1) is 0 Å². The average molecular weight is 467 g/mol. The summed E-state index contributed by atoms with van der Waals surface area (Å²) in [7, 11) is 1.78. The van der Waals surface area contributed by atoms with Crippen molar-refractivity contribution in [1.29, 1.82) is 0 Å². The molecule has 0 saturated heterocycles. The van der Waals surface area contributed by atoms with Crippen LogP contribution >= 0.6 is 24.0 Å². The zero-order valence-corrected chi connectivity index (χ0v) is 18.9. The highest BCUT2D eigenvalue weighted by atomic mass is 127. The SMILES string of the molecule is CN=C(NCCCC(=O)NC1CC1)NCCCN(C(C)C)C(C)C.I. The van der Waals surface area contributed by atoms with E-state index in [0.29, 0.717) is 24.5 Å². The fraction of sp³-hybridized carbons (Fsp3) is 0.889. The van der Waals surface area contributed by atoms with Crippen LogP contribution in [0.15, 0.2) is 4.99 Å². The van der Waals surface area contributed by atoms with E-state index in [1.54, 1.807) is 7.05 Å². The maximum Gasteiger partial charge on any atom is 0.220 e. The summed E-state index contributed by atoms with van der Waals surface area (Å²) in [4.78, 5) is 18.3. The Bertz CT molecular complexity index is 389. The standard InChI is InChI=1S/C18H37N5O.HI/c1-14(2)23(15(3)4)13-7-12-21-18(19-5)20-11-6-8-17(24)22-16-9-10-16;/h14-16H,6-13H2,1-5H3,(H,22,24)(H2,19,20,21);1H. The molecule has 0 spiro atoms. The van der Waals surface area contributed by atoms with Crippen molar-refractivity contribution >= 4 is 35.8 Å². The number of nitrogens with zero attached hydrogens (tertiary/aromatic N) is 2. The van der Waals surface area contributed by atoms with E-state index in [1.807, 2.05) is 0 Å². The highest BCUT2D eigenvalue weighted by molar-refractivity contribution is 14.0. The predicted octanol–water partition coefficient (Wildman–Crippen LogP) is 2.34. The normalized spacial score (nSPS) is 14.6. The van der Waals surface area contributed by atoms with Crippen molar-refractivity contribution in [2.24, 2.45) is 4.99 Å². The van der Waals surface area contributed by atoms with E-state index in [-0.39, 0.29) is 29.9 Å². The summed E-state index contributed by atoms with van der Waals surface area (Å²) in [5.74, 6) is 0.989. The first-order chi connectivity index (χ1) is 11.4. The Hall–Kier alpha value is -0.570. The predicted molar refractivity (Wildman–Crippen MR) is 117 cm³/mol. The van der Waals surface area contributed by atoms with E-state index < -0.39 is 0 Å². The lowest BCUT2D eigenvalue weighted by molar-refractivity contribution is -0.121. The van der Waals surface area contributed by atoms with Crippen molar-refractivity contribution in [2.75, 3.05) is 26.7 Å². The number of hydrogen-bond donors (Lipinski definition) is 3. The number of rotatable bonds is 11. The molecule has 1 rings (SSSR count). The molecule has 0 bridgehead atoms. The Kier molecular flexibility index (Phi) is 13.3. The van der Waals surface area contributed by atoms with Crippen molar-refractivity contribution in [2.45, 2.75) is 77.9 Å². The van der Waals surface area contributed by atoms with Crippen molar-refractivity contribution < 1.29 is 4.79 Å². The van der Waals surface area contributed by atoms with Gasteiger partial charge in [0.15, 0.2) is 5.96 Å². The molecule has 0 aromatic heterocycles. The summed E-state index contributed by atoms with van der Waals surface area (Å²) in [6.07, 6.45) is 4.78. The maximum atomic E-state index is 11.6. The van der Waals surface area contributed by atoms with Gasteiger partial charge >= 0.3 is 0 Å². The van der Waals surface area contributed by atoms with E-state index >= 15 is 0 Å². The largest absolute Gasteiger partial charge is 0.356 e. The van der Waals surface area contributed by atoms with E-state index in [4.69, 9.17) is 0 Å².